The van der Waals surface area contributed by atoms with Crippen molar-refractivity contribution in [3.8, 4) is 11.5 Å². The van der Waals surface area contributed by atoms with Crippen LogP contribution in [0.4, 0.5) is 36.4 Å². The molecule has 7 nitrogen and oxygen atoms in total. The van der Waals surface area contributed by atoms with Gasteiger partial charge >= 0.3 is 18.3 Å². The molecule has 2 heterocycles. The van der Waals surface area contributed by atoms with Gasteiger partial charge in [0.2, 0.25) is 12.2 Å². The smallest absolute Gasteiger partial charge is 0.430 e. The third-order valence-corrected chi connectivity index (χ3v) is 5.61. The average molecular weight is 600 g/mol. The zero-order valence-electron chi connectivity index (χ0n) is 19.3. The van der Waals surface area contributed by atoms with Crippen molar-refractivity contribution in [2.45, 2.75) is 31.5 Å². The fourth-order valence-electron chi connectivity index (χ4n) is 3.34. The molecule has 208 valence electrons. The van der Waals surface area contributed by atoms with Crippen LogP contribution < -0.4 is 9.47 Å². The fourth-order valence-corrected chi connectivity index (χ4v) is 3.71. The van der Waals surface area contributed by atoms with Crippen molar-refractivity contribution < 1.29 is 49.7 Å². The molecule has 2 unspecified atom stereocenters. The van der Waals surface area contributed by atoms with Gasteiger partial charge < -0.3 is 14.2 Å². The number of carbonyl (C=O) groups is 1. The first-order valence-corrected chi connectivity index (χ1v) is 11.3. The normalized spacial score (nSPS) is 17.6. The van der Waals surface area contributed by atoms with Crippen LogP contribution in [0.2, 0.25) is 10.0 Å². The predicted molar refractivity (Wildman–Crippen MR) is 126 cm³/mol. The van der Waals surface area contributed by atoms with Crippen molar-refractivity contribution in [3.05, 3.63) is 73.3 Å². The summed E-state index contributed by atoms with van der Waals surface area (Å²) >= 11 is 11.4. The lowest BCUT2D eigenvalue weighted by molar-refractivity contribution is -0.187. The van der Waals surface area contributed by atoms with E-state index in [-0.39, 0.29) is 45.0 Å². The molecule has 2 aliphatic heterocycles. The van der Waals surface area contributed by atoms with Gasteiger partial charge in [-0.15, -0.1) is 0 Å². The Bertz CT molecular complexity index is 1390. The van der Waals surface area contributed by atoms with Crippen LogP contribution in [0.25, 0.3) is 22.6 Å². The summed E-state index contributed by atoms with van der Waals surface area (Å²) in [6.45, 7) is 1.35. The number of fused-ring (bicyclic) bond motifs is 2. The summed E-state index contributed by atoms with van der Waals surface area (Å²) in [5, 5.41) is 3.19. The average Bonchev–Trinajstić information content (AvgIpc) is 2.86. The first-order chi connectivity index (χ1) is 18.2. The highest BCUT2D eigenvalue weighted by Gasteiger charge is 2.49. The zero-order chi connectivity index (χ0) is 29.1. The number of carbonyl (C=O) groups excluding carboxylic acids is 1. The van der Waals surface area contributed by atoms with Gasteiger partial charge in [-0.05, 0) is 54.9 Å². The van der Waals surface area contributed by atoms with E-state index in [0.717, 1.165) is 24.3 Å². The molecule has 2 aromatic carbocycles. The summed E-state index contributed by atoms with van der Waals surface area (Å²) in [4.78, 5) is 14.4. The third-order valence-electron chi connectivity index (χ3n) is 5.01. The quantitative estimate of drug-likeness (QED) is 0.116. The van der Waals surface area contributed by atoms with Gasteiger partial charge in [0.15, 0.2) is 5.82 Å². The lowest BCUT2D eigenvalue weighted by Crippen LogP contribution is -2.40. The van der Waals surface area contributed by atoms with Gasteiger partial charge in [-0.2, -0.15) is 26.3 Å². The number of alkyl halides is 6. The highest BCUT2D eigenvalue weighted by atomic mass is 35.5. The molecule has 0 spiro atoms. The van der Waals surface area contributed by atoms with Crippen molar-refractivity contribution in [2.75, 3.05) is 6.61 Å². The fraction of sp³-hybridized carbons (Fsp3) is 0.261. The number of halogens is 9. The predicted octanol–water partition coefficient (Wildman–Crippen LogP) is 8.37. The van der Waals surface area contributed by atoms with E-state index < -0.39 is 41.9 Å². The van der Waals surface area contributed by atoms with Crippen molar-refractivity contribution >= 4 is 47.0 Å². The van der Waals surface area contributed by atoms with Crippen LogP contribution in [-0.2, 0) is 9.53 Å². The van der Waals surface area contributed by atoms with Crippen LogP contribution in [-0.4, -0.2) is 37.1 Å². The minimum absolute atomic E-state index is 0.00932. The first kappa shape index (κ1) is 29.9. The van der Waals surface area contributed by atoms with Crippen molar-refractivity contribution in [1.82, 2.24) is 0 Å². The lowest BCUT2D eigenvalue weighted by atomic mass is 10.00. The van der Waals surface area contributed by atoms with E-state index in [0.29, 0.717) is 0 Å². The highest BCUT2D eigenvalue weighted by molar-refractivity contribution is 6.33. The summed E-state index contributed by atoms with van der Waals surface area (Å²) in [7, 11) is 0. The number of nitrogens with zero attached hydrogens (tertiary/aromatic N) is 3. The van der Waals surface area contributed by atoms with E-state index in [1.807, 2.05) is 0 Å². The summed E-state index contributed by atoms with van der Waals surface area (Å²) in [5.74, 6) is -2.32. The third kappa shape index (κ3) is 6.70. The molecule has 2 aromatic rings. The number of benzene rings is 2. The summed E-state index contributed by atoms with van der Waals surface area (Å²) in [5.41, 5.74) is 7.60. The molecule has 0 amide bonds. The second kappa shape index (κ2) is 11.6. The van der Waals surface area contributed by atoms with E-state index >= 15 is 0 Å². The van der Waals surface area contributed by atoms with Crippen molar-refractivity contribution in [2.24, 2.45) is 5.11 Å². The second-order valence-corrected chi connectivity index (χ2v) is 8.38. The molecule has 4 rings (SSSR count). The Morgan fingerprint density at radius 3 is 2.21 bits per heavy atom. The zero-order valence-corrected chi connectivity index (χ0v) is 20.8. The van der Waals surface area contributed by atoms with Gasteiger partial charge in [0, 0.05) is 10.5 Å². The Hall–Kier alpha value is -3.61. The Balaban J connectivity index is 0.000000230. The number of azide groups is 1. The van der Waals surface area contributed by atoms with Crippen LogP contribution in [0.15, 0.2) is 41.0 Å². The van der Waals surface area contributed by atoms with E-state index in [1.165, 1.54) is 25.1 Å². The summed E-state index contributed by atoms with van der Waals surface area (Å²) < 4.78 is 104. The topological polar surface area (TPSA) is 93.5 Å². The van der Waals surface area contributed by atoms with Crippen LogP contribution in [0.1, 0.15) is 18.1 Å². The van der Waals surface area contributed by atoms with Gasteiger partial charge in [0.05, 0.1) is 33.5 Å². The minimum Gasteiger partial charge on any atom is -0.476 e. The van der Waals surface area contributed by atoms with Crippen molar-refractivity contribution in [3.63, 3.8) is 0 Å². The molecule has 0 bridgehead atoms. The molecule has 39 heavy (non-hydrogen) atoms. The Morgan fingerprint density at radius 2 is 1.64 bits per heavy atom. The number of rotatable bonds is 3. The summed E-state index contributed by atoms with van der Waals surface area (Å²) in [6, 6.07) is 4.80. The maximum atomic E-state index is 13.4. The van der Waals surface area contributed by atoms with Gasteiger partial charge in [-0.1, -0.05) is 28.3 Å². The van der Waals surface area contributed by atoms with Gasteiger partial charge in [-0.25, -0.2) is 9.18 Å². The molecule has 0 saturated carbocycles. The SMILES string of the molecule is CCOC(=O)C1=Cc2c(ccc(Cl)c2N=[N+]=[N-])OC1C(F)(F)F.Fc1c(Cl)ccc2c1C=CC(C(F)(F)F)O2. The van der Waals surface area contributed by atoms with Crippen LogP contribution in [0, 0.1) is 5.82 Å². The van der Waals surface area contributed by atoms with Crippen LogP contribution in [0.5, 0.6) is 11.5 Å². The van der Waals surface area contributed by atoms with Gasteiger partial charge in [-0.3, -0.25) is 0 Å². The molecule has 0 aliphatic carbocycles. The molecule has 0 saturated heterocycles. The van der Waals surface area contributed by atoms with Crippen LogP contribution in [0.3, 0.4) is 0 Å². The molecule has 0 fully saturated rings. The standard InChI is InChI=1S/C13H9ClF3N3O3.C10H5ClF4O/c1-2-22-12(21)7-5-6-9(23-11(7)13(15,16)17)4-3-8(14)10(6)19-20-18;11-6-2-3-7-5(9(6)12)1-4-8(16-7)10(13,14)15/h3-5,11H,2H2,1H3;1-4,8H. The molecule has 0 radical (unpaired) electrons. The Kier molecular flexibility index (Phi) is 8.94. The van der Waals surface area contributed by atoms with E-state index in [2.05, 4.69) is 19.5 Å². The number of ether oxygens (including phenoxy) is 3. The minimum atomic E-state index is -4.82. The molecule has 0 N–H and O–H groups in total. The molecule has 2 atom stereocenters. The molecule has 0 aromatic heterocycles. The van der Waals surface area contributed by atoms with E-state index in [9.17, 15) is 35.5 Å². The lowest BCUT2D eigenvalue weighted by Gasteiger charge is -2.28. The highest BCUT2D eigenvalue weighted by Crippen LogP contribution is 2.44. The molecule has 16 heteroatoms. The molecular weight excluding hydrogens is 586 g/mol. The van der Waals surface area contributed by atoms with E-state index in [1.54, 1.807) is 0 Å². The van der Waals surface area contributed by atoms with Gasteiger partial charge in [0.25, 0.3) is 0 Å². The van der Waals surface area contributed by atoms with E-state index in [4.69, 9.17) is 33.5 Å². The number of esters is 1. The molecular formula is C23H14Cl2F7N3O4. The maximum absolute atomic E-state index is 13.4. The number of hydrogen-bond donors (Lipinski definition) is 0. The monoisotopic (exact) mass is 599 g/mol. The second-order valence-electron chi connectivity index (χ2n) is 7.57. The van der Waals surface area contributed by atoms with Gasteiger partial charge in [0.1, 0.15) is 11.5 Å². The first-order valence-electron chi connectivity index (χ1n) is 10.6. The van der Waals surface area contributed by atoms with Crippen LogP contribution >= 0.6 is 23.2 Å². The maximum Gasteiger partial charge on any atom is 0.430 e. The summed E-state index contributed by atoms with van der Waals surface area (Å²) in [6.07, 6.45) is -11.2. The number of hydrogen-bond acceptors (Lipinski definition) is 5. The molecule has 2 aliphatic rings. The largest absolute Gasteiger partial charge is 0.476 e. The Morgan fingerprint density at radius 1 is 1.03 bits per heavy atom. The Labute approximate surface area is 225 Å². The van der Waals surface area contributed by atoms with Crippen molar-refractivity contribution in [1.29, 1.82) is 0 Å².